The summed E-state index contributed by atoms with van der Waals surface area (Å²) in [7, 11) is -3.34. The number of piperidine rings is 1. The molecule has 0 spiro atoms. The van der Waals surface area contributed by atoms with E-state index in [0.717, 1.165) is 6.26 Å². The molecule has 3 atom stereocenters. The first-order valence-corrected chi connectivity index (χ1v) is 8.41. The molecule has 0 aromatic heterocycles. The minimum atomic E-state index is -3.34. The van der Waals surface area contributed by atoms with Crippen LogP contribution >= 0.6 is 0 Å². The average Bonchev–Trinajstić information content (AvgIpc) is 2.36. The van der Waals surface area contributed by atoms with E-state index < -0.39 is 22.2 Å². The van der Waals surface area contributed by atoms with E-state index in [2.05, 4.69) is 10.0 Å². The van der Waals surface area contributed by atoms with Gasteiger partial charge in [0.15, 0.2) is 0 Å². The lowest BCUT2D eigenvalue weighted by molar-refractivity contribution is 0.0546. The molecule has 1 fully saturated rings. The van der Waals surface area contributed by atoms with Crippen molar-refractivity contribution in [1.82, 2.24) is 5.32 Å². The van der Waals surface area contributed by atoms with E-state index in [9.17, 15) is 18.6 Å². The van der Waals surface area contributed by atoms with Crippen molar-refractivity contribution in [1.29, 1.82) is 0 Å². The van der Waals surface area contributed by atoms with Gasteiger partial charge in [-0.3, -0.25) is 4.72 Å². The second-order valence-electron chi connectivity index (χ2n) is 5.18. The smallest absolute Gasteiger partial charge is 0.229 e. The number of nitrogens with one attached hydrogen (secondary N) is 2. The minimum Gasteiger partial charge on any atom is -0.393 e. The van der Waals surface area contributed by atoms with Crippen LogP contribution in [0.25, 0.3) is 0 Å². The molecule has 0 saturated carbocycles. The van der Waals surface area contributed by atoms with Crippen molar-refractivity contribution in [2.75, 3.05) is 17.5 Å². The lowest BCUT2D eigenvalue weighted by Gasteiger charge is -2.31. The predicted molar refractivity (Wildman–Crippen MR) is 76.9 cm³/mol. The average molecular weight is 300 g/mol. The lowest BCUT2D eigenvalue weighted by atomic mass is 9.93. The van der Waals surface area contributed by atoms with Crippen LogP contribution in [0, 0.1) is 0 Å². The Labute approximate surface area is 118 Å². The first-order valence-electron chi connectivity index (χ1n) is 6.52. The van der Waals surface area contributed by atoms with Crippen LogP contribution in [0.3, 0.4) is 0 Å². The summed E-state index contributed by atoms with van der Waals surface area (Å²) in [4.78, 5) is 0. The number of anilines is 1. The number of hydrogen-bond donors (Lipinski definition) is 4. The molecular formula is C13H20N2O4S. The zero-order valence-corrected chi connectivity index (χ0v) is 12.1. The molecule has 20 heavy (non-hydrogen) atoms. The number of sulfonamides is 1. The third kappa shape index (κ3) is 4.17. The Kier molecular flexibility index (Phi) is 4.64. The normalized spacial score (nSPS) is 25.1. The highest BCUT2D eigenvalue weighted by molar-refractivity contribution is 7.92. The van der Waals surface area contributed by atoms with E-state index in [1.54, 1.807) is 24.3 Å². The summed E-state index contributed by atoms with van der Waals surface area (Å²) in [5.41, 5.74) is 1.03. The molecule has 6 nitrogen and oxygen atoms in total. The summed E-state index contributed by atoms with van der Waals surface area (Å²) in [5, 5.41) is 23.1. The topological polar surface area (TPSA) is 98.7 Å². The highest BCUT2D eigenvalue weighted by Crippen LogP contribution is 2.25. The van der Waals surface area contributed by atoms with Gasteiger partial charge in [0.1, 0.15) is 0 Å². The second-order valence-corrected chi connectivity index (χ2v) is 6.93. The van der Waals surface area contributed by atoms with Gasteiger partial charge < -0.3 is 15.5 Å². The molecule has 112 valence electrons. The van der Waals surface area contributed by atoms with E-state index in [1.165, 1.54) is 0 Å². The first-order chi connectivity index (χ1) is 9.35. The van der Waals surface area contributed by atoms with Gasteiger partial charge in [-0.1, -0.05) is 12.1 Å². The van der Waals surface area contributed by atoms with Gasteiger partial charge in [0, 0.05) is 11.7 Å². The van der Waals surface area contributed by atoms with Crippen molar-refractivity contribution < 1.29 is 18.6 Å². The van der Waals surface area contributed by atoms with Crippen LogP contribution in [-0.2, 0) is 10.0 Å². The maximum Gasteiger partial charge on any atom is 0.229 e. The van der Waals surface area contributed by atoms with Gasteiger partial charge in [0.2, 0.25) is 10.0 Å². The predicted octanol–water partition coefficient (Wildman–Crippen LogP) is 0.204. The summed E-state index contributed by atoms with van der Waals surface area (Å²) in [6, 6.07) is 6.42. The standard InChI is InChI=1S/C13H20N2O4S/c1-20(18,19)15-10-4-2-3-9(7-10)13(17)12-8-11(16)5-6-14-12/h2-4,7,11-17H,5-6,8H2,1H3. The molecule has 1 aliphatic rings. The molecule has 1 aliphatic heterocycles. The van der Waals surface area contributed by atoms with Gasteiger partial charge in [-0.2, -0.15) is 0 Å². The Morgan fingerprint density at radius 3 is 2.85 bits per heavy atom. The zero-order valence-electron chi connectivity index (χ0n) is 11.3. The zero-order chi connectivity index (χ0) is 14.8. The van der Waals surface area contributed by atoms with Gasteiger partial charge in [0.25, 0.3) is 0 Å². The van der Waals surface area contributed by atoms with E-state index in [-0.39, 0.29) is 6.04 Å². The van der Waals surface area contributed by atoms with Gasteiger partial charge in [0.05, 0.1) is 18.5 Å². The quantitative estimate of drug-likeness (QED) is 0.637. The largest absolute Gasteiger partial charge is 0.393 e. The molecule has 1 aromatic carbocycles. The van der Waals surface area contributed by atoms with Gasteiger partial charge in [-0.25, -0.2) is 8.42 Å². The molecule has 0 bridgehead atoms. The second kappa shape index (κ2) is 6.09. The van der Waals surface area contributed by atoms with Gasteiger partial charge in [-0.05, 0) is 37.1 Å². The maximum atomic E-state index is 11.2. The first kappa shape index (κ1) is 15.2. The molecule has 1 heterocycles. The SMILES string of the molecule is CS(=O)(=O)Nc1cccc(C(O)C2CC(O)CCN2)c1. The van der Waals surface area contributed by atoms with Crippen molar-refractivity contribution in [3.8, 4) is 0 Å². The van der Waals surface area contributed by atoms with Crippen molar-refractivity contribution in [3.05, 3.63) is 29.8 Å². The summed E-state index contributed by atoms with van der Waals surface area (Å²) >= 11 is 0. The highest BCUT2D eigenvalue weighted by Gasteiger charge is 2.27. The summed E-state index contributed by atoms with van der Waals surface area (Å²) < 4.78 is 24.8. The molecule has 1 saturated heterocycles. The Bertz CT molecular complexity index is 561. The Morgan fingerprint density at radius 1 is 1.45 bits per heavy atom. The fraction of sp³-hybridized carbons (Fsp3) is 0.538. The monoisotopic (exact) mass is 300 g/mol. The summed E-state index contributed by atoms with van der Waals surface area (Å²) in [6.45, 7) is 0.657. The number of hydrogen-bond acceptors (Lipinski definition) is 5. The molecule has 2 rings (SSSR count). The lowest BCUT2D eigenvalue weighted by Crippen LogP contribution is -2.43. The van der Waals surface area contributed by atoms with Crippen molar-refractivity contribution >= 4 is 15.7 Å². The van der Waals surface area contributed by atoms with E-state index in [4.69, 9.17) is 0 Å². The Hall–Kier alpha value is -1.15. The number of benzene rings is 1. The van der Waals surface area contributed by atoms with Crippen LogP contribution in [0.15, 0.2) is 24.3 Å². The maximum absolute atomic E-state index is 11.2. The molecule has 0 amide bonds. The molecule has 3 unspecified atom stereocenters. The molecular weight excluding hydrogens is 280 g/mol. The molecule has 7 heteroatoms. The number of aliphatic hydroxyl groups excluding tert-OH is 2. The van der Waals surface area contributed by atoms with Crippen molar-refractivity contribution in [2.24, 2.45) is 0 Å². The molecule has 0 aliphatic carbocycles. The highest BCUT2D eigenvalue weighted by atomic mass is 32.2. The minimum absolute atomic E-state index is 0.229. The fourth-order valence-corrected chi connectivity index (χ4v) is 2.96. The van der Waals surface area contributed by atoms with Crippen LogP contribution in [0.1, 0.15) is 24.5 Å². The summed E-state index contributed by atoms with van der Waals surface area (Å²) in [5.74, 6) is 0. The third-order valence-electron chi connectivity index (χ3n) is 3.32. The molecule has 1 aromatic rings. The van der Waals surface area contributed by atoms with Gasteiger partial charge in [-0.15, -0.1) is 0 Å². The van der Waals surface area contributed by atoms with E-state index >= 15 is 0 Å². The van der Waals surface area contributed by atoms with Crippen molar-refractivity contribution in [2.45, 2.75) is 31.1 Å². The fourth-order valence-electron chi connectivity index (χ4n) is 2.40. The number of rotatable bonds is 4. The Morgan fingerprint density at radius 2 is 2.20 bits per heavy atom. The van der Waals surface area contributed by atoms with Crippen LogP contribution in [0.2, 0.25) is 0 Å². The third-order valence-corrected chi connectivity index (χ3v) is 3.93. The van der Waals surface area contributed by atoms with Crippen LogP contribution in [0.4, 0.5) is 5.69 Å². The van der Waals surface area contributed by atoms with Crippen LogP contribution in [-0.4, -0.2) is 43.6 Å². The number of aliphatic hydroxyl groups is 2. The molecule has 4 N–H and O–H groups in total. The van der Waals surface area contributed by atoms with Gasteiger partial charge >= 0.3 is 0 Å². The van der Waals surface area contributed by atoms with E-state index in [1.807, 2.05) is 0 Å². The van der Waals surface area contributed by atoms with Crippen LogP contribution < -0.4 is 10.0 Å². The van der Waals surface area contributed by atoms with E-state index in [0.29, 0.717) is 30.6 Å². The Balaban J connectivity index is 2.13. The summed E-state index contributed by atoms with van der Waals surface area (Å²) in [6.07, 6.45) is 1.04. The van der Waals surface area contributed by atoms with Crippen LogP contribution in [0.5, 0.6) is 0 Å². The molecule has 0 radical (unpaired) electrons. The van der Waals surface area contributed by atoms with Crippen molar-refractivity contribution in [3.63, 3.8) is 0 Å².